The van der Waals surface area contributed by atoms with E-state index in [-0.39, 0.29) is 0 Å². The Bertz CT molecular complexity index is 442. The number of hydrogen-bond donors (Lipinski definition) is 1. The number of rotatable bonds is 6. The van der Waals surface area contributed by atoms with E-state index >= 15 is 0 Å². The summed E-state index contributed by atoms with van der Waals surface area (Å²) in [4.78, 5) is 4.32. The molecule has 0 aliphatic carbocycles. The lowest BCUT2D eigenvalue weighted by Gasteiger charge is -2.04. The summed E-state index contributed by atoms with van der Waals surface area (Å²) in [7, 11) is 0. The molecule has 90 valence electrons. The highest BCUT2D eigenvalue weighted by Gasteiger charge is 2.00. The zero-order valence-corrected chi connectivity index (χ0v) is 11.4. The molecule has 1 aromatic heterocycles. The van der Waals surface area contributed by atoms with Gasteiger partial charge in [-0.1, -0.05) is 30.0 Å². The molecule has 0 saturated carbocycles. The fourth-order valence-electron chi connectivity index (χ4n) is 1.36. The number of anilines is 1. The average Bonchev–Trinajstić information content (AvgIpc) is 2.76. The standard InChI is InChI=1S/C12H15N3S2/c1-10-14-12(17-15-10)16-9-5-8-13-11-6-3-2-4-7-11/h2-4,6-7,13H,5,8-9H2,1H3. The Labute approximate surface area is 110 Å². The van der Waals surface area contributed by atoms with Crippen LogP contribution in [0, 0.1) is 6.92 Å². The molecular formula is C12H15N3S2. The molecule has 0 saturated heterocycles. The fourth-order valence-corrected chi connectivity index (χ4v) is 3.01. The zero-order valence-electron chi connectivity index (χ0n) is 9.72. The highest BCUT2D eigenvalue weighted by Crippen LogP contribution is 2.20. The molecule has 1 N–H and O–H groups in total. The van der Waals surface area contributed by atoms with Gasteiger partial charge in [-0.05, 0) is 37.0 Å². The van der Waals surface area contributed by atoms with Gasteiger partial charge in [-0.15, -0.1) is 0 Å². The summed E-state index contributed by atoms with van der Waals surface area (Å²) >= 11 is 3.27. The van der Waals surface area contributed by atoms with E-state index < -0.39 is 0 Å². The number of hydrogen-bond acceptors (Lipinski definition) is 5. The summed E-state index contributed by atoms with van der Waals surface area (Å²) < 4.78 is 5.23. The molecule has 0 atom stereocenters. The monoisotopic (exact) mass is 265 g/mol. The van der Waals surface area contributed by atoms with Gasteiger partial charge in [0.15, 0.2) is 4.34 Å². The molecule has 5 heteroatoms. The highest BCUT2D eigenvalue weighted by atomic mass is 32.2. The van der Waals surface area contributed by atoms with Gasteiger partial charge in [0.05, 0.1) is 0 Å². The third-order valence-corrected chi connectivity index (χ3v) is 4.17. The highest BCUT2D eigenvalue weighted by molar-refractivity contribution is 8.00. The number of para-hydroxylation sites is 1. The molecule has 0 spiro atoms. The van der Waals surface area contributed by atoms with Gasteiger partial charge in [-0.25, -0.2) is 4.98 Å². The summed E-state index contributed by atoms with van der Waals surface area (Å²) in [6.45, 7) is 2.92. The minimum absolute atomic E-state index is 0.875. The number of thioether (sulfide) groups is 1. The first-order valence-corrected chi connectivity index (χ1v) is 7.32. The van der Waals surface area contributed by atoms with Crippen LogP contribution in [0.3, 0.4) is 0 Å². The molecule has 17 heavy (non-hydrogen) atoms. The quantitative estimate of drug-likeness (QED) is 0.641. The molecule has 0 amide bonds. The molecule has 1 aromatic carbocycles. The molecule has 2 rings (SSSR count). The van der Waals surface area contributed by atoms with Crippen molar-refractivity contribution < 1.29 is 0 Å². The second-order valence-corrected chi connectivity index (χ2v) is 5.70. The Morgan fingerprint density at radius 2 is 2.12 bits per heavy atom. The van der Waals surface area contributed by atoms with Crippen LogP contribution in [0.1, 0.15) is 12.2 Å². The van der Waals surface area contributed by atoms with Crippen molar-refractivity contribution in [3.05, 3.63) is 36.2 Å². The van der Waals surface area contributed by atoms with Gasteiger partial charge in [0.1, 0.15) is 5.82 Å². The van der Waals surface area contributed by atoms with E-state index in [1.807, 2.05) is 25.1 Å². The summed E-state index contributed by atoms with van der Waals surface area (Å²) in [5, 5.41) is 3.39. The third-order valence-electron chi connectivity index (χ3n) is 2.16. The molecule has 0 aliphatic heterocycles. The van der Waals surface area contributed by atoms with Gasteiger partial charge >= 0.3 is 0 Å². The summed E-state index contributed by atoms with van der Waals surface area (Å²) in [6, 6.07) is 10.3. The minimum atomic E-state index is 0.875. The van der Waals surface area contributed by atoms with E-state index in [0.717, 1.165) is 28.9 Å². The van der Waals surface area contributed by atoms with E-state index in [9.17, 15) is 0 Å². The largest absolute Gasteiger partial charge is 0.385 e. The van der Waals surface area contributed by atoms with Crippen molar-refractivity contribution in [2.75, 3.05) is 17.6 Å². The minimum Gasteiger partial charge on any atom is -0.385 e. The predicted octanol–water partition coefficient (Wildman–Crippen LogP) is 3.44. The zero-order chi connectivity index (χ0) is 11.9. The maximum Gasteiger partial charge on any atom is 0.170 e. The molecule has 0 fully saturated rings. The smallest absolute Gasteiger partial charge is 0.170 e. The molecule has 0 radical (unpaired) electrons. The lowest BCUT2D eigenvalue weighted by molar-refractivity contribution is 0.989. The molecule has 1 heterocycles. The van der Waals surface area contributed by atoms with E-state index in [1.54, 1.807) is 11.8 Å². The summed E-state index contributed by atoms with van der Waals surface area (Å²) in [6.07, 6.45) is 1.12. The van der Waals surface area contributed by atoms with Crippen LogP contribution >= 0.6 is 23.3 Å². The molecular weight excluding hydrogens is 250 g/mol. The second-order valence-electron chi connectivity index (χ2n) is 3.60. The van der Waals surface area contributed by atoms with Crippen molar-refractivity contribution in [1.82, 2.24) is 9.36 Å². The van der Waals surface area contributed by atoms with Crippen LogP contribution in [0.4, 0.5) is 5.69 Å². The number of benzene rings is 1. The van der Waals surface area contributed by atoms with Crippen molar-refractivity contribution in [2.24, 2.45) is 0 Å². The van der Waals surface area contributed by atoms with Gasteiger partial charge in [-0.2, -0.15) is 4.37 Å². The van der Waals surface area contributed by atoms with Crippen molar-refractivity contribution >= 4 is 29.0 Å². The lowest BCUT2D eigenvalue weighted by Crippen LogP contribution is -2.01. The maximum atomic E-state index is 4.32. The van der Waals surface area contributed by atoms with Crippen molar-refractivity contribution in [3.8, 4) is 0 Å². The van der Waals surface area contributed by atoms with Crippen LogP contribution in [0.25, 0.3) is 0 Å². The number of aromatic nitrogens is 2. The van der Waals surface area contributed by atoms with E-state index in [2.05, 4.69) is 26.8 Å². The fraction of sp³-hybridized carbons (Fsp3) is 0.333. The Kier molecular flexibility index (Phi) is 4.82. The van der Waals surface area contributed by atoms with Crippen LogP contribution in [-0.4, -0.2) is 21.7 Å². The number of nitrogens with zero attached hydrogens (tertiary/aromatic N) is 2. The average molecular weight is 265 g/mol. The van der Waals surface area contributed by atoms with Crippen molar-refractivity contribution in [3.63, 3.8) is 0 Å². The molecule has 0 aliphatic rings. The van der Waals surface area contributed by atoms with Crippen LogP contribution in [0.5, 0.6) is 0 Å². The van der Waals surface area contributed by atoms with Crippen LogP contribution in [0.2, 0.25) is 0 Å². The molecule has 3 nitrogen and oxygen atoms in total. The van der Waals surface area contributed by atoms with Crippen LogP contribution in [-0.2, 0) is 0 Å². The summed E-state index contributed by atoms with van der Waals surface area (Å²) in [5.41, 5.74) is 1.18. The molecule has 2 aromatic rings. The second kappa shape index (κ2) is 6.61. The first-order valence-electron chi connectivity index (χ1n) is 5.56. The van der Waals surface area contributed by atoms with Crippen LogP contribution in [0.15, 0.2) is 34.7 Å². The van der Waals surface area contributed by atoms with E-state index in [4.69, 9.17) is 0 Å². The maximum absolute atomic E-state index is 4.32. The predicted molar refractivity (Wildman–Crippen MR) is 74.9 cm³/mol. The Balaban J connectivity index is 1.61. The Hall–Kier alpha value is -1.07. The van der Waals surface area contributed by atoms with Crippen molar-refractivity contribution in [2.45, 2.75) is 17.7 Å². The topological polar surface area (TPSA) is 37.8 Å². The van der Waals surface area contributed by atoms with Gasteiger partial charge < -0.3 is 5.32 Å². The molecule has 0 bridgehead atoms. The van der Waals surface area contributed by atoms with Gasteiger partial charge in [0.25, 0.3) is 0 Å². The number of nitrogens with one attached hydrogen (secondary N) is 1. The SMILES string of the molecule is Cc1nsc(SCCCNc2ccccc2)n1. The first-order chi connectivity index (χ1) is 8.34. The normalized spacial score (nSPS) is 10.4. The van der Waals surface area contributed by atoms with Crippen molar-refractivity contribution in [1.29, 1.82) is 0 Å². The van der Waals surface area contributed by atoms with E-state index in [1.165, 1.54) is 17.2 Å². The van der Waals surface area contributed by atoms with Gasteiger partial charge in [0, 0.05) is 18.0 Å². The molecule has 0 unspecified atom stereocenters. The third kappa shape index (κ3) is 4.36. The number of aryl methyl sites for hydroxylation is 1. The van der Waals surface area contributed by atoms with Crippen LogP contribution < -0.4 is 5.32 Å². The Morgan fingerprint density at radius 3 is 2.82 bits per heavy atom. The van der Waals surface area contributed by atoms with E-state index in [0.29, 0.717) is 0 Å². The Morgan fingerprint density at radius 1 is 1.29 bits per heavy atom. The lowest BCUT2D eigenvalue weighted by atomic mass is 10.3. The van der Waals surface area contributed by atoms with Gasteiger partial charge in [0.2, 0.25) is 0 Å². The van der Waals surface area contributed by atoms with Gasteiger partial charge in [-0.3, -0.25) is 0 Å². The first kappa shape index (κ1) is 12.4. The summed E-state index contributed by atoms with van der Waals surface area (Å²) in [5.74, 6) is 1.95.